The molecule has 0 fully saturated rings. The fourth-order valence-corrected chi connectivity index (χ4v) is 5.31. The number of carbonyl (C=O) groups is 2. The molecule has 1 amide bonds. The number of aryl methyl sites for hydroxylation is 1. The summed E-state index contributed by atoms with van der Waals surface area (Å²) in [4.78, 5) is 25.5. The van der Waals surface area contributed by atoms with Crippen molar-refractivity contribution in [1.29, 1.82) is 0 Å². The summed E-state index contributed by atoms with van der Waals surface area (Å²) in [6.07, 6.45) is 1.41. The number of para-hydroxylation sites is 1. The number of nitrogens with zero attached hydrogens (tertiary/aromatic N) is 1. The highest BCUT2D eigenvalue weighted by Crippen LogP contribution is 2.36. The fourth-order valence-electron chi connectivity index (χ4n) is 3.57. The highest BCUT2D eigenvalue weighted by molar-refractivity contribution is 9.10. The van der Waals surface area contributed by atoms with Gasteiger partial charge in [0.25, 0.3) is 5.91 Å². The third-order valence-corrected chi connectivity index (χ3v) is 8.02. The van der Waals surface area contributed by atoms with Crippen molar-refractivity contribution in [3.63, 3.8) is 0 Å². The fraction of sp³-hybridized carbons (Fsp3) is 0.179. The van der Waals surface area contributed by atoms with Crippen LogP contribution in [0.5, 0.6) is 11.5 Å². The maximum Gasteiger partial charge on any atom is 0.355 e. The van der Waals surface area contributed by atoms with Gasteiger partial charge in [0.15, 0.2) is 6.61 Å². The SMILES string of the molecule is Cc1cc(OCC(=O)N/N=C\c2ccccc2OC(=O)c2sc3ccccc3c2Cl)c(C(C)C)cc1Br. The number of nitrogens with one attached hydrogen (secondary N) is 1. The van der Waals surface area contributed by atoms with Gasteiger partial charge in [-0.3, -0.25) is 4.79 Å². The van der Waals surface area contributed by atoms with Crippen molar-refractivity contribution in [1.82, 2.24) is 5.43 Å². The van der Waals surface area contributed by atoms with Crippen LogP contribution in [0.25, 0.3) is 10.1 Å². The molecule has 0 radical (unpaired) electrons. The van der Waals surface area contributed by atoms with Crippen molar-refractivity contribution in [2.24, 2.45) is 5.10 Å². The molecule has 0 aliphatic carbocycles. The quantitative estimate of drug-likeness (QED) is 0.0985. The first-order valence-electron chi connectivity index (χ1n) is 11.5. The number of hydrogen-bond donors (Lipinski definition) is 1. The molecule has 0 bridgehead atoms. The molecule has 1 N–H and O–H groups in total. The van der Waals surface area contributed by atoms with E-state index in [9.17, 15) is 9.59 Å². The molecule has 1 aromatic heterocycles. The topological polar surface area (TPSA) is 77.0 Å². The van der Waals surface area contributed by atoms with Crippen LogP contribution in [0.15, 0.2) is 70.2 Å². The molecule has 37 heavy (non-hydrogen) atoms. The average molecular weight is 600 g/mol. The standard InChI is InChI=1S/C28H24BrClN2O4S/c1-16(2)20-13-21(29)17(3)12-23(20)35-15-25(33)32-31-14-18-8-4-6-10-22(18)36-28(34)27-26(30)19-9-5-7-11-24(19)37-27/h4-14,16H,15H2,1-3H3,(H,32,33)/b31-14-. The minimum atomic E-state index is -0.560. The van der Waals surface area contributed by atoms with Gasteiger partial charge in [0.2, 0.25) is 0 Å². The third kappa shape index (κ3) is 6.39. The number of benzene rings is 3. The zero-order valence-electron chi connectivity index (χ0n) is 20.4. The molecule has 9 heteroatoms. The number of hydrogen-bond acceptors (Lipinski definition) is 6. The van der Waals surface area contributed by atoms with Gasteiger partial charge in [0, 0.05) is 20.1 Å². The molecule has 0 unspecified atom stereocenters. The van der Waals surface area contributed by atoms with Crippen LogP contribution < -0.4 is 14.9 Å². The smallest absolute Gasteiger partial charge is 0.355 e. The minimum Gasteiger partial charge on any atom is -0.483 e. The summed E-state index contributed by atoms with van der Waals surface area (Å²) in [5.74, 6) is 0.206. The summed E-state index contributed by atoms with van der Waals surface area (Å²) in [5.41, 5.74) is 4.98. The zero-order chi connectivity index (χ0) is 26.5. The van der Waals surface area contributed by atoms with E-state index in [1.807, 2.05) is 43.3 Å². The number of amides is 1. The van der Waals surface area contributed by atoms with Gasteiger partial charge in [-0.25, -0.2) is 10.2 Å². The van der Waals surface area contributed by atoms with E-state index in [4.69, 9.17) is 21.1 Å². The number of halogens is 2. The minimum absolute atomic E-state index is 0.195. The summed E-state index contributed by atoms with van der Waals surface area (Å²) >= 11 is 11.2. The molecule has 0 aliphatic rings. The van der Waals surface area contributed by atoms with Crippen LogP contribution >= 0.6 is 38.9 Å². The summed E-state index contributed by atoms with van der Waals surface area (Å²) in [5, 5.41) is 5.18. The van der Waals surface area contributed by atoms with Crippen LogP contribution in [0.3, 0.4) is 0 Å². The Labute approximate surface area is 232 Å². The summed E-state index contributed by atoms with van der Waals surface area (Å²) < 4.78 is 13.3. The molecule has 190 valence electrons. The summed E-state index contributed by atoms with van der Waals surface area (Å²) in [6.45, 7) is 5.89. The largest absolute Gasteiger partial charge is 0.483 e. The number of esters is 1. The lowest BCUT2D eigenvalue weighted by molar-refractivity contribution is -0.123. The predicted molar refractivity (Wildman–Crippen MR) is 152 cm³/mol. The molecule has 0 aliphatic heterocycles. The van der Waals surface area contributed by atoms with Crippen LogP contribution in [0.2, 0.25) is 5.02 Å². The molecule has 0 atom stereocenters. The van der Waals surface area contributed by atoms with E-state index in [1.165, 1.54) is 17.6 Å². The Morgan fingerprint density at radius 1 is 1.11 bits per heavy atom. The van der Waals surface area contributed by atoms with Crippen molar-refractivity contribution >= 4 is 67.0 Å². The van der Waals surface area contributed by atoms with Crippen LogP contribution in [-0.4, -0.2) is 24.7 Å². The molecule has 4 rings (SSSR count). The third-order valence-electron chi connectivity index (χ3n) is 5.51. The highest BCUT2D eigenvalue weighted by atomic mass is 79.9. The Hall–Kier alpha value is -3.20. The summed E-state index contributed by atoms with van der Waals surface area (Å²) in [6, 6.07) is 18.3. The number of hydrazone groups is 1. The molecule has 0 saturated carbocycles. The number of rotatable bonds is 8. The van der Waals surface area contributed by atoms with Crippen molar-refractivity contribution in [2.45, 2.75) is 26.7 Å². The normalized spacial score (nSPS) is 11.3. The van der Waals surface area contributed by atoms with E-state index >= 15 is 0 Å². The van der Waals surface area contributed by atoms with Gasteiger partial charge in [-0.05, 0) is 54.3 Å². The van der Waals surface area contributed by atoms with E-state index in [0.29, 0.717) is 27.0 Å². The second kappa shape index (κ2) is 11.9. The van der Waals surface area contributed by atoms with Crippen LogP contribution in [0, 0.1) is 6.92 Å². The molecule has 0 saturated heterocycles. The highest BCUT2D eigenvalue weighted by Gasteiger charge is 2.20. The van der Waals surface area contributed by atoms with E-state index in [1.54, 1.807) is 24.3 Å². The van der Waals surface area contributed by atoms with Crippen molar-refractivity contribution < 1.29 is 19.1 Å². The zero-order valence-corrected chi connectivity index (χ0v) is 23.5. The van der Waals surface area contributed by atoms with Crippen LogP contribution in [0.1, 0.15) is 46.1 Å². The number of fused-ring (bicyclic) bond motifs is 1. The Morgan fingerprint density at radius 3 is 2.59 bits per heavy atom. The predicted octanol–water partition coefficient (Wildman–Crippen LogP) is 7.50. The lowest BCUT2D eigenvalue weighted by Gasteiger charge is -2.15. The van der Waals surface area contributed by atoms with E-state index in [2.05, 4.69) is 40.3 Å². The van der Waals surface area contributed by atoms with Gasteiger partial charge >= 0.3 is 5.97 Å². The number of ether oxygens (including phenoxy) is 2. The lowest BCUT2D eigenvalue weighted by atomic mass is 10.0. The van der Waals surface area contributed by atoms with Gasteiger partial charge in [0.05, 0.1) is 11.2 Å². The van der Waals surface area contributed by atoms with Crippen LogP contribution in [0.4, 0.5) is 0 Å². The molecular formula is C28H24BrClN2O4S. The van der Waals surface area contributed by atoms with Crippen molar-refractivity contribution in [3.8, 4) is 11.5 Å². The van der Waals surface area contributed by atoms with E-state index < -0.39 is 11.9 Å². The Bertz CT molecular complexity index is 1500. The Morgan fingerprint density at radius 2 is 1.84 bits per heavy atom. The van der Waals surface area contributed by atoms with Gasteiger partial charge in [-0.15, -0.1) is 11.3 Å². The number of carbonyl (C=O) groups excluding carboxylic acids is 2. The van der Waals surface area contributed by atoms with Gasteiger partial charge in [0.1, 0.15) is 16.4 Å². The van der Waals surface area contributed by atoms with Gasteiger partial charge < -0.3 is 9.47 Å². The molecule has 6 nitrogen and oxygen atoms in total. The molecule has 0 spiro atoms. The van der Waals surface area contributed by atoms with E-state index in [0.717, 1.165) is 25.7 Å². The van der Waals surface area contributed by atoms with Gasteiger partial charge in [-0.2, -0.15) is 5.10 Å². The van der Waals surface area contributed by atoms with Crippen LogP contribution in [-0.2, 0) is 4.79 Å². The molecule has 1 heterocycles. The first kappa shape index (κ1) is 26.9. The second-order valence-corrected chi connectivity index (χ2v) is 10.8. The molecular weight excluding hydrogens is 576 g/mol. The van der Waals surface area contributed by atoms with Gasteiger partial charge in [-0.1, -0.05) is 71.7 Å². The molecule has 4 aromatic rings. The maximum atomic E-state index is 12.8. The second-order valence-electron chi connectivity index (χ2n) is 8.54. The summed E-state index contributed by atoms with van der Waals surface area (Å²) in [7, 11) is 0. The van der Waals surface area contributed by atoms with Crippen molar-refractivity contribution in [3.05, 3.63) is 91.7 Å². The van der Waals surface area contributed by atoms with Crippen molar-refractivity contribution in [2.75, 3.05) is 6.61 Å². The molecule has 3 aromatic carbocycles. The number of thiophene rings is 1. The average Bonchev–Trinajstić information content (AvgIpc) is 3.22. The maximum absolute atomic E-state index is 12.8. The Balaban J connectivity index is 1.40. The monoisotopic (exact) mass is 598 g/mol. The first-order valence-corrected chi connectivity index (χ1v) is 13.5. The Kier molecular flexibility index (Phi) is 8.63. The van der Waals surface area contributed by atoms with E-state index in [-0.39, 0.29) is 12.5 Å². The first-order chi connectivity index (χ1) is 17.7. The lowest BCUT2D eigenvalue weighted by Crippen LogP contribution is -2.25.